The summed E-state index contributed by atoms with van der Waals surface area (Å²) in [6.45, 7) is 2.45. The largest absolute Gasteiger partial charge is 0.343 e. The molecule has 1 aromatic heterocycles. The van der Waals surface area contributed by atoms with Gasteiger partial charge in [0.1, 0.15) is 11.5 Å². The smallest absolute Gasteiger partial charge is 0.272 e. The average Bonchev–Trinajstić information content (AvgIpc) is 2.75. The molecule has 0 saturated heterocycles. The number of hydrogen-bond acceptors (Lipinski definition) is 1. The maximum absolute atomic E-state index is 13.6. The minimum absolute atomic E-state index is 0.190. The predicted molar refractivity (Wildman–Crippen MR) is 77.1 cm³/mol. The van der Waals surface area contributed by atoms with Crippen LogP contribution in [0.15, 0.2) is 28.9 Å². The fraction of sp³-hybridized carbons (Fsp3) is 0.154. The summed E-state index contributed by atoms with van der Waals surface area (Å²) in [5.74, 6) is -2.24. The highest BCUT2D eigenvalue weighted by Gasteiger charge is 2.17. The molecule has 0 unspecified atom stereocenters. The monoisotopic (exact) mass is 362 g/mol. The van der Waals surface area contributed by atoms with Crippen molar-refractivity contribution in [3.63, 3.8) is 0 Å². The highest BCUT2D eigenvalue weighted by atomic mass is 79.9. The van der Waals surface area contributed by atoms with Crippen LogP contribution in [0.2, 0.25) is 5.02 Å². The Balaban J connectivity index is 2.32. The Morgan fingerprint density at radius 3 is 2.70 bits per heavy atom. The van der Waals surface area contributed by atoms with Crippen LogP contribution in [-0.2, 0) is 6.54 Å². The molecule has 1 N–H and O–H groups in total. The summed E-state index contributed by atoms with van der Waals surface area (Å²) in [6.07, 6.45) is 1.73. The molecule has 0 aliphatic heterocycles. The summed E-state index contributed by atoms with van der Waals surface area (Å²) in [5.41, 5.74) is 0.109. The van der Waals surface area contributed by atoms with Gasteiger partial charge >= 0.3 is 0 Å². The fourth-order valence-corrected chi connectivity index (χ4v) is 2.47. The lowest BCUT2D eigenvalue weighted by Gasteiger charge is -2.10. The summed E-state index contributed by atoms with van der Waals surface area (Å²) >= 11 is 9.00. The summed E-state index contributed by atoms with van der Waals surface area (Å²) < 4.78 is 29.0. The van der Waals surface area contributed by atoms with E-state index in [1.807, 2.05) is 6.92 Å². The number of aromatic nitrogens is 1. The lowest BCUT2D eigenvalue weighted by Crippen LogP contribution is -2.17. The van der Waals surface area contributed by atoms with E-state index >= 15 is 0 Å². The molecule has 1 aromatic carbocycles. The molecule has 20 heavy (non-hydrogen) atoms. The van der Waals surface area contributed by atoms with Crippen LogP contribution < -0.4 is 5.32 Å². The number of benzene rings is 1. The van der Waals surface area contributed by atoms with Crippen LogP contribution in [-0.4, -0.2) is 10.5 Å². The Bertz CT molecular complexity index is 649. The van der Waals surface area contributed by atoms with Gasteiger partial charge in [-0.1, -0.05) is 11.6 Å². The molecular weight excluding hydrogens is 354 g/mol. The number of carbonyl (C=O) groups excluding carboxylic acids is 1. The van der Waals surface area contributed by atoms with Crippen molar-refractivity contribution in [3.8, 4) is 0 Å². The van der Waals surface area contributed by atoms with Gasteiger partial charge in [-0.25, -0.2) is 8.78 Å². The van der Waals surface area contributed by atoms with E-state index in [1.54, 1.807) is 16.8 Å². The summed E-state index contributed by atoms with van der Waals surface area (Å²) in [6, 6.07) is 3.21. The Kier molecular flexibility index (Phi) is 4.45. The van der Waals surface area contributed by atoms with E-state index in [0.717, 1.165) is 10.5 Å². The van der Waals surface area contributed by atoms with E-state index in [4.69, 9.17) is 11.6 Å². The zero-order chi connectivity index (χ0) is 14.9. The number of aryl methyl sites for hydroxylation is 1. The minimum Gasteiger partial charge on any atom is -0.343 e. The molecular formula is C13H10BrClF2N2O. The van der Waals surface area contributed by atoms with Crippen LogP contribution in [0.4, 0.5) is 14.5 Å². The van der Waals surface area contributed by atoms with E-state index in [-0.39, 0.29) is 10.7 Å². The number of carbonyl (C=O) groups is 1. The molecule has 1 amide bonds. The van der Waals surface area contributed by atoms with Gasteiger partial charge in [0.15, 0.2) is 5.82 Å². The van der Waals surface area contributed by atoms with Gasteiger partial charge in [-0.05, 0) is 35.0 Å². The van der Waals surface area contributed by atoms with Crippen molar-refractivity contribution in [3.05, 3.63) is 51.2 Å². The SMILES string of the molecule is CCn1cc(Br)cc1C(=O)Nc1c(F)cc(F)cc1Cl. The Morgan fingerprint density at radius 2 is 2.10 bits per heavy atom. The maximum Gasteiger partial charge on any atom is 0.272 e. The van der Waals surface area contributed by atoms with Crippen molar-refractivity contribution in [1.82, 2.24) is 4.57 Å². The average molecular weight is 364 g/mol. The first kappa shape index (κ1) is 15.0. The molecule has 0 aliphatic carbocycles. The molecule has 7 heteroatoms. The zero-order valence-electron chi connectivity index (χ0n) is 10.4. The number of halogens is 4. The van der Waals surface area contributed by atoms with E-state index in [1.165, 1.54) is 0 Å². The lowest BCUT2D eigenvalue weighted by molar-refractivity contribution is 0.101. The quantitative estimate of drug-likeness (QED) is 0.858. The summed E-state index contributed by atoms with van der Waals surface area (Å²) in [4.78, 5) is 12.1. The van der Waals surface area contributed by atoms with Gasteiger partial charge in [-0.3, -0.25) is 4.79 Å². The first-order valence-electron chi connectivity index (χ1n) is 5.74. The molecule has 0 fully saturated rings. The van der Waals surface area contributed by atoms with Gasteiger partial charge in [0.2, 0.25) is 0 Å². The molecule has 3 nitrogen and oxygen atoms in total. The molecule has 0 atom stereocenters. The number of rotatable bonds is 3. The zero-order valence-corrected chi connectivity index (χ0v) is 12.7. The Labute approximate surface area is 127 Å². The predicted octanol–water partition coefficient (Wildman–Crippen LogP) is 4.45. The van der Waals surface area contributed by atoms with Gasteiger partial charge in [0.05, 0.1) is 10.7 Å². The van der Waals surface area contributed by atoms with Crippen molar-refractivity contribution < 1.29 is 13.6 Å². The van der Waals surface area contributed by atoms with Crippen molar-refractivity contribution in [1.29, 1.82) is 0 Å². The van der Waals surface area contributed by atoms with E-state index in [9.17, 15) is 13.6 Å². The highest BCUT2D eigenvalue weighted by Crippen LogP contribution is 2.27. The molecule has 106 valence electrons. The first-order chi connectivity index (χ1) is 9.42. The topological polar surface area (TPSA) is 34.0 Å². The van der Waals surface area contributed by atoms with Crippen LogP contribution >= 0.6 is 27.5 Å². The molecule has 2 aromatic rings. The second kappa shape index (κ2) is 5.93. The van der Waals surface area contributed by atoms with Crippen molar-refractivity contribution >= 4 is 39.1 Å². The van der Waals surface area contributed by atoms with Crippen LogP contribution in [0.5, 0.6) is 0 Å². The van der Waals surface area contributed by atoms with Crippen LogP contribution in [0.3, 0.4) is 0 Å². The maximum atomic E-state index is 13.6. The third-order valence-electron chi connectivity index (χ3n) is 2.68. The number of nitrogens with zero attached hydrogens (tertiary/aromatic N) is 1. The number of amides is 1. The summed E-state index contributed by atoms with van der Waals surface area (Å²) in [5, 5.41) is 2.17. The number of anilines is 1. The number of nitrogens with one attached hydrogen (secondary N) is 1. The van der Waals surface area contributed by atoms with Crippen molar-refractivity contribution in [2.24, 2.45) is 0 Å². The molecule has 1 heterocycles. The van der Waals surface area contributed by atoms with Crippen molar-refractivity contribution in [2.45, 2.75) is 13.5 Å². The van der Waals surface area contributed by atoms with Gasteiger partial charge in [0, 0.05) is 23.3 Å². The summed E-state index contributed by atoms with van der Waals surface area (Å²) in [7, 11) is 0. The number of hydrogen-bond donors (Lipinski definition) is 1. The second-order valence-electron chi connectivity index (χ2n) is 4.03. The normalized spacial score (nSPS) is 10.7. The van der Waals surface area contributed by atoms with E-state index < -0.39 is 17.5 Å². The minimum atomic E-state index is -0.919. The van der Waals surface area contributed by atoms with Crippen LogP contribution in [0, 0.1) is 11.6 Å². The first-order valence-corrected chi connectivity index (χ1v) is 6.91. The molecule has 2 rings (SSSR count). The van der Waals surface area contributed by atoms with E-state index in [2.05, 4.69) is 21.2 Å². The van der Waals surface area contributed by atoms with Gasteiger partial charge < -0.3 is 9.88 Å². The molecule has 0 saturated carbocycles. The standard InChI is InChI=1S/C13H10BrClF2N2O/c1-2-19-6-7(14)3-11(19)13(20)18-12-9(15)4-8(16)5-10(12)17/h3-6H,2H2,1H3,(H,18,20). The van der Waals surface area contributed by atoms with Crippen LogP contribution in [0.25, 0.3) is 0 Å². The third-order valence-corrected chi connectivity index (χ3v) is 3.41. The lowest BCUT2D eigenvalue weighted by atomic mass is 10.2. The van der Waals surface area contributed by atoms with Gasteiger partial charge in [-0.15, -0.1) is 0 Å². The Morgan fingerprint density at radius 1 is 1.40 bits per heavy atom. The second-order valence-corrected chi connectivity index (χ2v) is 5.35. The molecule has 0 spiro atoms. The molecule has 0 bridgehead atoms. The van der Waals surface area contributed by atoms with Crippen molar-refractivity contribution in [2.75, 3.05) is 5.32 Å². The fourth-order valence-electron chi connectivity index (χ4n) is 1.77. The third kappa shape index (κ3) is 3.02. The van der Waals surface area contributed by atoms with Crippen LogP contribution in [0.1, 0.15) is 17.4 Å². The Hall–Kier alpha value is -1.40. The molecule has 0 aliphatic rings. The molecule has 0 radical (unpaired) electrons. The van der Waals surface area contributed by atoms with E-state index in [0.29, 0.717) is 18.3 Å². The van der Waals surface area contributed by atoms with Gasteiger partial charge in [0.25, 0.3) is 5.91 Å². The van der Waals surface area contributed by atoms with Gasteiger partial charge in [-0.2, -0.15) is 0 Å². The highest BCUT2D eigenvalue weighted by molar-refractivity contribution is 9.10.